The van der Waals surface area contributed by atoms with E-state index in [4.69, 9.17) is 0 Å². The molecule has 0 bridgehead atoms. The van der Waals surface area contributed by atoms with E-state index < -0.39 is 54.8 Å². The van der Waals surface area contributed by atoms with Gasteiger partial charge in [-0.25, -0.2) is 8.78 Å². The first kappa shape index (κ1) is 28.8. The van der Waals surface area contributed by atoms with E-state index >= 15 is 0 Å². The van der Waals surface area contributed by atoms with Crippen molar-refractivity contribution in [3.8, 4) is 0 Å². The largest absolute Gasteiger partial charge is 0.435 e. The Hall–Kier alpha value is -2.75. The molecular weight excluding hydrogens is 695 g/mol. The van der Waals surface area contributed by atoms with E-state index in [9.17, 15) is 44.7 Å². The van der Waals surface area contributed by atoms with Crippen LogP contribution in [0.2, 0.25) is 0 Å². The number of hydrogen-bond acceptors (Lipinski definition) is 2. The van der Waals surface area contributed by atoms with E-state index in [0.717, 1.165) is 6.07 Å². The molecule has 0 heterocycles. The van der Waals surface area contributed by atoms with Gasteiger partial charge in [-0.15, -0.1) is 0 Å². The van der Waals surface area contributed by atoms with Gasteiger partial charge in [-0.2, -0.15) is 26.3 Å². The van der Waals surface area contributed by atoms with Crippen LogP contribution < -0.4 is 10.6 Å². The number of carbonyl (C=O) groups excluding carboxylic acids is 2. The van der Waals surface area contributed by atoms with Crippen LogP contribution in [-0.2, 0) is 5.67 Å². The van der Waals surface area contributed by atoms with Gasteiger partial charge in [0.1, 0.15) is 0 Å². The molecule has 0 radical (unpaired) electrons. The summed E-state index contributed by atoms with van der Waals surface area (Å²) in [6.07, 6.45) is -12.7. The number of alkyl halides is 7. The molecule has 3 rings (SSSR count). The van der Waals surface area contributed by atoms with Crippen LogP contribution >= 0.6 is 38.5 Å². The van der Waals surface area contributed by atoms with E-state index in [-0.39, 0.29) is 29.1 Å². The molecule has 2 N–H and O–H groups in total. The minimum absolute atomic E-state index is 0.206. The molecule has 14 heteroatoms. The molecule has 0 aliphatic carbocycles. The lowest BCUT2D eigenvalue weighted by Gasteiger charge is -2.31. The highest BCUT2D eigenvalue weighted by Crippen LogP contribution is 2.54. The molecule has 4 nitrogen and oxygen atoms in total. The van der Waals surface area contributed by atoms with Crippen LogP contribution in [0.4, 0.5) is 46.5 Å². The van der Waals surface area contributed by atoms with Gasteiger partial charge in [0.15, 0.2) is 5.82 Å². The number of nitrogens with one attached hydrogen (secondary N) is 2. The molecular formula is C23H12BrF8IN2O2. The number of rotatable bonds is 5. The van der Waals surface area contributed by atoms with Crippen LogP contribution in [-0.4, -0.2) is 24.2 Å². The molecule has 0 unspecified atom stereocenters. The predicted octanol–water partition coefficient (Wildman–Crippen LogP) is 7.99. The summed E-state index contributed by atoms with van der Waals surface area (Å²) in [6.45, 7) is 0. The SMILES string of the molecule is O=C(Nc1cccc(C(=O)Nc2c(Br)cc(C(F)(C(F)(F)F)C(F)(F)F)cc2I)c1F)c1ccccc1. The van der Waals surface area contributed by atoms with Crippen molar-refractivity contribution in [3.05, 3.63) is 91.2 Å². The Morgan fingerprint density at radius 1 is 0.784 bits per heavy atom. The number of amides is 2. The molecule has 0 saturated carbocycles. The average Bonchev–Trinajstić information content (AvgIpc) is 2.81. The minimum atomic E-state index is -6.33. The Morgan fingerprint density at radius 3 is 1.92 bits per heavy atom. The highest BCUT2D eigenvalue weighted by molar-refractivity contribution is 14.1. The van der Waals surface area contributed by atoms with Gasteiger partial charge in [-0.3, -0.25) is 9.59 Å². The van der Waals surface area contributed by atoms with Crippen molar-refractivity contribution in [2.45, 2.75) is 18.0 Å². The molecule has 0 atom stereocenters. The van der Waals surface area contributed by atoms with Crippen molar-refractivity contribution < 1.29 is 44.7 Å². The van der Waals surface area contributed by atoms with Gasteiger partial charge in [0.25, 0.3) is 11.8 Å². The molecule has 0 aromatic heterocycles. The van der Waals surface area contributed by atoms with E-state index in [0.29, 0.717) is 0 Å². The van der Waals surface area contributed by atoms with Crippen LogP contribution in [0.15, 0.2) is 65.1 Å². The molecule has 37 heavy (non-hydrogen) atoms. The molecule has 0 fully saturated rings. The van der Waals surface area contributed by atoms with Gasteiger partial charge in [0.05, 0.1) is 16.9 Å². The lowest BCUT2D eigenvalue weighted by molar-refractivity contribution is -0.348. The van der Waals surface area contributed by atoms with Gasteiger partial charge >= 0.3 is 18.0 Å². The molecule has 2 amide bonds. The third kappa shape index (κ3) is 5.73. The molecule has 3 aromatic carbocycles. The average molecular weight is 707 g/mol. The first-order chi connectivity index (χ1) is 17.1. The number of halogens is 10. The summed E-state index contributed by atoms with van der Waals surface area (Å²) in [7, 11) is 0. The van der Waals surface area contributed by atoms with Crippen molar-refractivity contribution in [1.82, 2.24) is 0 Å². The Morgan fingerprint density at radius 2 is 1.38 bits per heavy atom. The fourth-order valence-electron chi connectivity index (χ4n) is 3.15. The summed E-state index contributed by atoms with van der Waals surface area (Å²) in [5.41, 5.74) is -8.52. The van der Waals surface area contributed by atoms with Gasteiger partial charge in [0, 0.05) is 19.2 Å². The monoisotopic (exact) mass is 706 g/mol. The standard InChI is InChI=1S/C23H12BrF8IN2O2/c24-14-9-12(21(26,22(27,28)29)23(30,31)32)10-15(33)18(14)35-20(37)13-7-4-8-16(17(13)25)34-19(36)11-5-2-1-3-6-11/h1-10H,(H,34,36)(H,35,37). The third-order valence-corrected chi connectivity index (χ3v) is 6.46. The molecule has 196 valence electrons. The summed E-state index contributed by atoms with van der Waals surface area (Å²) < 4.78 is 107. The van der Waals surface area contributed by atoms with E-state index in [1.54, 1.807) is 18.2 Å². The van der Waals surface area contributed by atoms with Gasteiger partial charge in [-0.05, 0) is 74.9 Å². The second-order valence-electron chi connectivity index (χ2n) is 7.41. The van der Waals surface area contributed by atoms with Crippen molar-refractivity contribution in [3.63, 3.8) is 0 Å². The highest BCUT2D eigenvalue weighted by Gasteiger charge is 2.73. The Balaban J connectivity index is 1.92. The Kier molecular flexibility index (Phi) is 8.22. The smallest absolute Gasteiger partial charge is 0.320 e. The second-order valence-corrected chi connectivity index (χ2v) is 9.43. The molecule has 3 aromatic rings. The summed E-state index contributed by atoms with van der Waals surface area (Å²) >= 11 is 4.05. The normalized spacial score (nSPS) is 12.3. The zero-order valence-electron chi connectivity index (χ0n) is 17.9. The van der Waals surface area contributed by atoms with Crippen LogP contribution in [0.25, 0.3) is 0 Å². The number of anilines is 2. The minimum Gasteiger partial charge on any atom is -0.320 e. The van der Waals surface area contributed by atoms with Crippen LogP contribution in [0, 0.1) is 9.39 Å². The summed E-state index contributed by atoms with van der Waals surface area (Å²) in [6, 6.07) is 11.7. The predicted molar refractivity (Wildman–Crippen MR) is 131 cm³/mol. The van der Waals surface area contributed by atoms with Crippen LogP contribution in [0.5, 0.6) is 0 Å². The van der Waals surface area contributed by atoms with Crippen molar-refractivity contribution in [1.29, 1.82) is 0 Å². The first-order valence-electron chi connectivity index (χ1n) is 9.86. The van der Waals surface area contributed by atoms with Crippen LogP contribution in [0.1, 0.15) is 26.3 Å². The first-order valence-corrected chi connectivity index (χ1v) is 11.7. The lowest BCUT2D eigenvalue weighted by atomic mass is 9.94. The van der Waals surface area contributed by atoms with E-state index in [2.05, 4.69) is 26.6 Å². The zero-order valence-corrected chi connectivity index (χ0v) is 21.6. The van der Waals surface area contributed by atoms with Crippen molar-refractivity contribution >= 4 is 61.7 Å². The van der Waals surface area contributed by atoms with Crippen molar-refractivity contribution in [2.24, 2.45) is 0 Å². The number of hydrogen-bond donors (Lipinski definition) is 2. The van der Waals surface area contributed by atoms with E-state index in [1.165, 1.54) is 46.9 Å². The highest BCUT2D eigenvalue weighted by atomic mass is 127. The summed E-state index contributed by atoms with van der Waals surface area (Å²) in [4.78, 5) is 25.0. The van der Waals surface area contributed by atoms with Crippen molar-refractivity contribution in [2.75, 3.05) is 10.6 Å². The maximum Gasteiger partial charge on any atom is 0.435 e. The van der Waals surface area contributed by atoms with Gasteiger partial charge in [0.2, 0.25) is 0 Å². The number of carbonyl (C=O) groups is 2. The quantitative estimate of drug-likeness (QED) is 0.209. The fraction of sp³-hybridized carbons (Fsp3) is 0.130. The number of benzene rings is 3. The van der Waals surface area contributed by atoms with E-state index in [1.807, 2.05) is 0 Å². The summed E-state index contributed by atoms with van der Waals surface area (Å²) in [5.74, 6) is -2.96. The van der Waals surface area contributed by atoms with Gasteiger partial charge in [-0.1, -0.05) is 24.3 Å². The Labute approximate surface area is 225 Å². The maximum absolute atomic E-state index is 15.0. The fourth-order valence-corrected chi connectivity index (χ4v) is 4.84. The molecule has 0 aliphatic rings. The van der Waals surface area contributed by atoms with Crippen LogP contribution in [0.3, 0.4) is 0 Å². The molecule has 0 saturated heterocycles. The topological polar surface area (TPSA) is 58.2 Å². The Bertz CT molecular complexity index is 1310. The third-order valence-electron chi connectivity index (χ3n) is 4.99. The summed E-state index contributed by atoms with van der Waals surface area (Å²) in [5, 5.41) is 4.47. The molecule has 0 aliphatic heterocycles. The maximum atomic E-state index is 15.0. The zero-order chi connectivity index (χ0) is 27.8. The second kappa shape index (κ2) is 10.6. The molecule has 0 spiro atoms. The van der Waals surface area contributed by atoms with Gasteiger partial charge < -0.3 is 10.6 Å². The lowest BCUT2D eigenvalue weighted by Crippen LogP contribution is -2.50.